The van der Waals surface area contributed by atoms with Crippen molar-refractivity contribution in [3.63, 3.8) is 0 Å². The normalized spacial score (nSPS) is 11.8. The predicted molar refractivity (Wildman–Crippen MR) is 143 cm³/mol. The van der Waals surface area contributed by atoms with Crippen LogP contribution in [0, 0.1) is 0 Å². The lowest BCUT2D eigenvalue weighted by Crippen LogP contribution is -2.46. The summed E-state index contributed by atoms with van der Waals surface area (Å²) in [5, 5.41) is 1.92. The Morgan fingerprint density at radius 2 is 1.03 bits per heavy atom. The summed E-state index contributed by atoms with van der Waals surface area (Å²) in [5.41, 5.74) is 14.4. The summed E-state index contributed by atoms with van der Waals surface area (Å²) in [6.45, 7) is 10.7. The maximum Gasteiger partial charge on any atom is 0.182 e. The molecule has 1 aromatic heterocycles. The highest BCUT2D eigenvalue weighted by Crippen LogP contribution is 2.33. The number of aromatic nitrogens is 1. The van der Waals surface area contributed by atoms with Gasteiger partial charge in [0.2, 0.25) is 0 Å². The van der Waals surface area contributed by atoms with Gasteiger partial charge in [-0.1, -0.05) is 27.7 Å². The quantitative estimate of drug-likeness (QED) is 0.354. The van der Waals surface area contributed by atoms with Gasteiger partial charge in [-0.2, -0.15) is 0 Å². The molecule has 5 nitrogen and oxygen atoms in total. The molecule has 1 heterocycles. The Kier molecular flexibility index (Phi) is 9.71. The number of nitrogens with two attached hydrogens (primary N) is 2. The Balaban J connectivity index is 0.00000272. The molecule has 3 aromatic rings. The highest BCUT2D eigenvalue weighted by Gasteiger charge is 2.32. The van der Waals surface area contributed by atoms with Gasteiger partial charge in [0.05, 0.1) is 11.1 Å². The Hall–Kier alpha value is -1.92. The van der Waals surface area contributed by atoms with E-state index in [4.69, 9.17) is 11.5 Å². The average Bonchev–Trinajstić information content (AvgIpc) is 3.13. The third kappa shape index (κ3) is 4.83. The maximum absolute atomic E-state index is 13.2. The highest BCUT2D eigenvalue weighted by molar-refractivity contribution is 6.14. The minimum atomic E-state index is -0.862. The Morgan fingerprint density at radius 3 is 1.30 bits per heavy atom. The topological polar surface area (TPSA) is 91.1 Å². The van der Waals surface area contributed by atoms with Crippen LogP contribution in [0.1, 0.15) is 81.0 Å². The van der Waals surface area contributed by atoms with E-state index in [1.807, 2.05) is 64.1 Å². The van der Waals surface area contributed by atoms with Crippen molar-refractivity contribution in [2.75, 3.05) is 0 Å². The van der Waals surface area contributed by atoms with Crippen LogP contribution in [0.25, 0.3) is 21.8 Å². The first kappa shape index (κ1) is 29.1. The van der Waals surface area contributed by atoms with Crippen LogP contribution in [0.5, 0.6) is 0 Å². The Labute approximate surface area is 209 Å². The average molecular weight is 495 g/mol. The molecule has 0 spiro atoms. The number of aryl methyl sites for hydroxylation is 1. The van der Waals surface area contributed by atoms with Gasteiger partial charge in [0.25, 0.3) is 0 Å². The molecule has 0 bridgehead atoms. The monoisotopic (exact) mass is 493 g/mol. The first-order valence-electron chi connectivity index (χ1n) is 11.4. The SMILES string of the molecule is CCn1c2ccc(C(=O)C(N)(CC)CC)cc2c2cc(C(=O)C(N)(CC)CC)ccc21.Cl.Cl. The van der Waals surface area contributed by atoms with Gasteiger partial charge < -0.3 is 16.0 Å². The second kappa shape index (κ2) is 11.0. The molecule has 182 valence electrons. The Bertz CT molecular complexity index is 1060. The molecule has 0 radical (unpaired) electrons. The zero-order chi connectivity index (χ0) is 23.0. The van der Waals surface area contributed by atoms with Crippen molar-refractivity contribution in [3.8, 4) is 0 Å². The van der Waals surface area contributed by atoms with Crippen LogP contribution in [0.15, 0.2) is 36.4 Å². The minimum Gasteiger partial charge on any atom is -0.341 e. The van der Waals surface area contributed by atoms with E-state index in [1.165, 1.54) is 0 Å². The molecule has 3 rings (SSSR count). The van der Waals surface area contributed by atoms with Gasteiger partial charge in [-0.25, -0.2) is 0 Å². The van der Waals surface area contributed by atoms with Crippen molar-refractivity contribution in [3.05, 3.63) is 47.5 Å². The molecule has 0 fully saturated rings. The summed E-state index contributed by atoms with van der Waals surface area (Å²) < 4.78 is 2.21. The van der Waals surface area contributed by atoms with Crippen LogP contribution in [-0.4, -0.2) is 27.2 Å². The van der Waals surface area contributed by atoms with Crippen molar-refractivity contribution in [1.82, 2.24) is 4.57 Å². The van der Waals surface area contributed by atoms with Crippen LogP contribution < -0.4 is 11.5 Å². The number of nitrogens with zero attached hydrogens (tertiary/aromatic N) is 1. The molecule has 0 amide bonds. The van der Waals surface area contributed by atoms with Crippen molar-refractivity contribution in [2.24, 2.45) is 11.5 Å². The Morgan fingerprint density at radius 1 is 0.697 bits per heavy atom. The lowest BCUT2D eigenvalue weighted by Gasteiger charge is -2.25. The van der Waals surface area contributed by atoms with E-state index in [0.717, 1.165) is 28.4 Å². The molecule has 2 aromatic carbocycles. The third-order valence-electron chi connectivity index (χ3n) is 7.13. The fourth-order valence-electron chi connectivity index (χ4n) is 4.44. The van der Waals surface area contributed by atoms with Crippen LogP contribution in [0.2, 0.25) is 0 Å². The summed E-state index contributed by atoms with van der Waals surface area (Å²) >= 11 is 0. The molecule has 0 aliphatic heterocycles. The number of Topliss-reactive ketones (excluding diaryl/α,β-unsaturated/α-hetero) is 2. The second-order valence-corrected chi connectivity index (χ2v) is 8.59. The second-order valence-electron chi connectivity index (χ2n) is 8.59. The number of carbonyl (C=O) groups excluding carboxylic acids is 2. The van der Waals surface area contributed by atoms with Crippen molar-refractivity contribution in [2.45, 2.75) is 77.9 Å². The highest BCUT2D eigenvalue weighted by atomic mass is 35.5. The molecule has 4 N–H and O–H groups in total. The number of halogens is 2. The number of carbonyl (C=O) groups is 2. The molecule has 0 saturated heterocycles. The van der Waals surface area contributed by atoms with Gasteiger partial charge in [-0.15, -0.1) is 24.8 Å². The van der Waals surface area contributed by atoms with E-state index in [1.54, 1.807) is 0 Å². The van der Waals surface area contributed by atoms with Crippen molar-refractivity contribution >= 4 is 58.2 Å². The number of hydrogen-bond donors (Lipinski definition) is 2. The standard InChI is InChI=1S/C26H35N3O2.2ClH/c1-6-25(27,7-2)23(30)17-11-13-21-19(15-17)20-16-18(12-14-22(20)29(21)10-5)24(31)26(28,8-3)9-4;;/h11-16H,6-10,27-28H2,1-5H3;2*1H. The van der Waals surface area contributed by atoms with Gasteiger partial charge in [-0.3, -0.25) is 9.59 Å². The van der Waals surface area contributed by atoms with E-state index in [-0.39, 0.29) is 36.4 Å². The van der Waals surface area contributed by atoms with Gasteiger partial charge in [0.1, 0.15) is 0 Å². The van der Waals surface area contributed by atoms with Crippen LogP contribution in [0.4, 0.5) is 0 Å². The number of ketones is 2. The molecule has 7 heteroatoms. The number of benzene rings is 2. The van der Waals surface area contributed by atoms with Crippen LogP contribution >= 0.6 is 24.8 Å². The number of rotatable bonds is 9. The fourth-order valence-corrected chi connectivity index (χ4v) is 4.44. The molecule has 0 unspecified atom stereocenters. The lowest BCUT2D eigenvalue weighted by molar-refractivity contribution is 0.0873. The summed E-state index contributed by atoms with van der Waals surface area (Å²) in [5.74, 6) is -0.0797. The predicted octanol–water partition coefficient (Wildman–Crippen LogP) is 6.06. The summed E-state index contributed by atoms with van der Waals surface area (Å²) in [4.78, 5) is 26.3. The van der Waals surface area contributed by atoms with E-state index in [0.29, 0.717) is 36.8 Å². The van der Waals surface area contributed by atoms with Crippen LogP contribution in [-0.2, 0) is 6.54 Å². The van der Waals surface area contributed by atoms with Gasteiger partial charge in [0, 0.05) is 39.5 Å². The lowest BCUT2D eigenvalue weighted by atomic mass is 9.84. The van der Waals surface area contributed by atoms with Gasteiger partial charge >= 0.3 is 0 Å². The minimum absolute atomic E-state index is 0. The summed E-state index contributed by atoms with van der Waals surface area (Å²) in [6, 6.07) is 11.6. The summed E-state index contributed by atoms with van der Waals surface area (Å²) in [7, 11) is 0. The van der Waals surface area contributed by atoms with E-state index >= 15 is 0 Å². The number of fused-ring (bicyclic) bond motifs is 3. The van der Waals surface area contributed by atoms with Crippen molar-refractivity contribution in [1.29, 1.82) is 0 Å². The molecular formula is C26H37Cl2N3O2. The first-order valence-corrected chi connectivity index (χ1v) is 11.4. The first-order chi connectivity index (χ1) is 14.7. The molecule has 0 aliphatic rings. The van der Waals surface area contributed by atoms with Crippen LogP contribution in [0.3, 0.4) is 0 Å². The summed E-state index contributed by atoms with van der Waals surface area (Å²) in [6.07, 6.45) is 2.34. The number of hydrogen-bond acceptors (Lipinski definition) is 4. The van der Waals surface area contributed by atoms with E-state index in [9.17, 15) is 9.59 Å². The fraction of sp³-hybridized carbons (Fsp3) is 0.462. The largest absolute Gasteiger partial charge is 0.341 e. The van der Waals surface area contributed by atoms with Crippen molar-refractivity contribution < 1.29 is 9.59 Å². The molecule has 33 heavy (non-hydrogen) atoms. The smallest absolute Gasteiger partial charge is 0.182 e. The maximum atomic E-state index is 13.2. The zero-order valence-corrected chi connectivity index (χ0v) is 21.9. The van der Waals surface area contributed by atoms with E-state index in [2.05, 4.69) is 11.5 Å². The molecule has 0 aliphatic carbocycles. The molecule has 0 atom stereocenters. The van der Waals surface area contributed by atoms with Gasteiger partial charge in [-0.05, 0) is 69.0 Å². The van der Waals surface area contributed by atoms with E-state index < -0.39 is 11.1 Å². The molecular weight excluding hydrogens is 457 g/mol. The zero-order valence-electron chi connectivity index (χ0n) is 20.2. The third-order valence-corrected chi connectivity index (χ3v) is 7.13. The van der Waals surface area contributed by atoms with Gasteiger partial charge in [0.15, 0.2) is 11.6 Å². The molecule has 0 saturated carbocycles.